The first-order chi connectivity index (χ1) is 8.09. The Morgan fingerprint density at radius 2 is 1.94 bits per heavy atom. The fourth-order valence-corrected chi connectivity index (χ4v) is 2.40. The molecule has 0 unspecified atom stereocenters. The molecule has 0 atom stereocenters. The van der Waals surface area contributed by atoms with Crippen LogP contribution >= 0.6 is 0 Å². The Hall–Kier alpha value is -1.42. The number of likely N-dealkylation sites (tertiary alicyclic amines) is 1. The van der Waals surface area contributed by atoms with E-state index < -0.39 is 0 Å². The van der Waals surface area contributed by atoms with Gasteiger partial charge in [0.15, 0.2) is 0 Å². The standard InChI is InChI=1S/C13H22N3O/c1-16(6-2-3-7-16)8-9-17-13-5-4-11(14)10-12(13)15/h4-5,10H,2-3,6-9,14-15H2,1H3/q+1. The van der Waals surface area contributed by atoms with Gasteiger partial charge < -0.3 is 20.7 Å². The monoisotopic (exact) mass is 236 g/mol. The van der Waals surface area contributed by atoms with Crippen LogP contribution in [-0.4, -0.2) is 37.8 Å². The number of nitrogens with zero attached hydrogens (tertiary/aromatic N) is 1. The summed E-state index contributed by atoms with van der Waals surface area (Å²) in [5.41, 5.74) is 12.8. The van der Waals surface area contributed by atoms with Gasteiger partial charge in [0.05, 0.1) is 25.8 Å². The summed E-state index contributed by atoms with van der Waals surface area (Å²) in [6.07, 6.45) is 2.67. The molecule has 4 N–H and O–H groups in total. The zero-order valence-electron chi connectivity index (χ0n) is 10.5. The van der Waals surface area contributed by atoms with Crippen LogP contribution in [0, 0.1) is 0 Å². The number of rotatable bonds is 4. The van der Waals surface area contributed by atoms with Crippen LogP contribution in [0.3, 0.4) is 0 Å². The van der Waals surface area contributed by atoms with Gasteiger partial charge in [-0.1, -0.05) is 0 Å². The van der Waals surface area contributed by atoms with E-state index in [0.29, 0.717) is 18.0 Å². The third-order valence-corrected chi connectivity index (χ3v) is 3.57. The lowest BCUT2D eigenvalue weighted by Crippen LogP contribution is -2.43. The lowest BCUT2D eigenvalue weighted by molar-refractivity contribution is -0.897. The summed E-state index contributed by atoms with van der Waals surface area (Å²) >= 11 is 0. The van der Waals surface area contributed by atoms with Crippen LogP contribution in [-0.2, 0) is 0 Å². The second-order valence-electron chi connectivity index (χ2n) is 5.14. The number of quaternary nitrogens is 1. The molecule has 0 aliphatic carbocycles. The summed E-state index contributed by atoms with van der Waals surface area (Å²) in [5.74, 6) is 0.741. The molecule has 1 fully saturated rings. The van der Waals surface area contributed by atoms with E-state index in [9.17, 15) is 0 Å². The SMILES string of the molecule is C[N+]1(CCOc2ccc(N)cc2N)CCCC1. The molecule has 4 heteroatoms. The van der Waals surface area contributed by atoms with Gasteiger partial charge in [-0.25, -0.2) is 0 Å². The molecular weight excluding hydrogens is 214 g/mol. The van der Waals surface area contributed by atoms with E-state index >= 15 is 0 Å². The van der Waals surface area contributed by atoms with Crippen molar-refractivity contribution in [2.75, 3.05) is 44.8 Å². The Kier molecular flexibility index (Phi) is 3.43. The van der Waals surface area contributed by atoms with Crippen molar-refractivity contribution in [3.63, 3.8) is 0 Å². The molecule has 0 saturated carbocycles. The van der Waals surface area contributed by atoms with Crippen LogP contribution in [0.25, 0.3) is 0 Å². The summed E-state index contributed by atoms with van der Waals surface area (Å²) in [6, 6.07) is 5.40. The van der Waals surface area contributed by atoms with Crippen molar-refractivity contribution in [1.82, 2.24) is 0 Å². The fraction of sp³-hybridized carbons (Fsp3) is 0.538. The van der Waals surface area contributed by atoms with Crippen molar-refractivity contribution < 1.29 is 9.22 Å². The second-order valence-corrected chi connectivity index (χ2v) is 5.14. The summed E-state index contributed by atoms with van der Waals surface area (Å²) in [6.45, 7) is 4.29. The number of likely N-dealkylation sites (N-methyl/N-ethyl adjacent to an activating group) is 1. The smallest absolute Gasteiger partial charge is 0.142 e. The van der Waals surface area contributed by atoms with E-state index in [1.54, 1.807) is 6.07 Å². The first-order valence-electron chi connectivity index (χ1n) is 6.20. The van der Waals surface area contributed by atoms with Crippen LogP contribution in [0.4, 0.5) is 11.4 Å². The summed E-state index contributed by atoms with van der Waals surface area (Å²) in [5, 5.41) is 0. The maximum Gasteiger partial charge on any atom is 0.142 e. The van der Waals surface area contributed by atoms with Gasteiger partial charge >= 0.3 is 0 Å². The van der Waals surface area contributed by atoms with Crippen LogP contribution < -0.4 is 16.2 Å². The van der Waals surface area contributed by atoms with E-state index in [1.165, 1.54) is 25.9 Å². The minimum Gasteiger partial charge on any atom is -0.486 e. The van der Waals surface area contributed by atoms with Crippen molar-refractivity contribution in [1.29, 1.82) is 0 Å². The molecule has 0 bridgehead atoms. The molecule has 1 aromatic carbocycles. The highest BCUT2D eigenvalue weighted by Crippen LogP contribution is 2.24. The zero-order chi connectivity index (χ0) is 12.3. The molecule has 0 amide bonds. The first kappa shape index (κ1) is 12.0. The van der Waals surface area contributed by atoms with E-state index in [2.05, 4.69) is 7.05 Å². The number of ether oxygens (including phenoxy) is 1. The topological polar surface area (TPSA) is 61.3 Å². The van der Waals surface area contributed by atoms with Crippen molar-refractivity contribution in [3.8, 4) is 5.75 Å². The van der Waals surface area contributed by atoms with Crippen molar-refractivity contribution in [2.24, 2.45) is 0 Å². The molecule has 4 nitrogen and oxygen atoms in total. The Balaban J connectivity index is 1.85. The normalized spacial score (nSPS) is 18.2. The number of anilines is 2. The number of nitrogen functional groups attached to an aromatic ring is 2. The summed E-state index contributed by atoms with van der Waals surface area (Å²) < 4.78 is 6.84. The lowest BCUT2D eigenvalue weighted by Gasteiger charge is -2.28. The van der Waals surface area contributed by atoms with Gasteiger partial charge in [-0.15, -0.1) is 0 Å². The second kappa shape index (κ2) is 4.84. The van der Waals surface area contributed by atoms with Gasteiger partial charge in [0, 0.05) is 18.5 Å². The number of hydrogen-bond acceptors (Lipinski definition) is 3. The molecule has 2 rings (SSSR count). The Morgan fingerprint density at radius 3 is 2.59 bits per heavy atom. The average molecular weight is 236 g/mol. The molecule has 0 spiro atoms. The maximum atomic E-state index is 5.84. The van der Waals surface area contributed by atoms with Crippen molar-refractivity contribution in [2.45, 2.75) is 12.8 Å². The van der Waals surface area contributed by atoms with Crippen LogP contribution in [0.5, 0.6) is 5.75 Å². The molecule has 1 aliphatic rings. The highest BCUT2D eigenvalue weighted by molar-refractivity contribution is 5.60. The van der Waals surface area contributed by atoms with Gasteiger partial charge in [0.1, 0.15) is 18.9 Å². The highest BCUT2D eigenvalue weighted by Gasteiger charge is 2.26. The quantitative estimate of drug-likeness (QED) is 0.615. The van der Waals surface area contributed by atoms with Crippen molar-refractivity contribution >= 4 is 11.4 Å². The highest BCUT2D eigenvalue weighted by atomic mass is 16.5. The van der Waals surface area contributed by atoms with Gasteiger partial charge in [-0.3, -0.25) is 0 Å². The molecule has 1 aliphatic heterocycles. The largest absolute Gasteiger partial charge is 0.486 e. The predicted octanol–water partition coefficient (Wildman–Crippen LogP) is 1.47. The van der Waals surface area contributed by atoms with Gasteiger partial charge in [-0.2, -0.15) is 0 Å². The molecule has 1 saturated heterocycles. The number of nitrogens with two attached hydrogens (primary N) is 2. The summed E-state index contributed by atoms with van der Waals surface area (Å²) in [7, 11) is 2.29. The number of benzene rings is 1. The van der Waals surface area contributed by atoms with Crippen molar-refractivity contribution in [3.05, 3.63) is 18.2 Å². The lowest BCUT2D eigenvalue weighted by atomic mass is 10.2. The third kappa shape index (κ3) is 3.03. The van der Waals surface area contributed by atoms with Crippen LogP contribution in [0.2, 0.25) is 0 Å². The minimum atomic E-state index is 0.620. The van der Waals surface area contributed by atoms with Crippen LogP contribution in [0.1, 0.15) is 12.8 Å². The Labute approximate surface area is 103 Å². The fourth-order valence-electron chi connectivity index (χ4n) is 2.40. The van der Waals surface area contributed by atoms with E-state index in [4.69, 9.17) is 16.2 Å². The molecular formula is C13H22N3O+. The maximum absolute atomic E-state index is 5.84. The van der Waals surface area contributed by atoms with Gasteiger partial charge in [-0.05, 0) is 18.2 Å². The molecule has 1 aromatic rings. The van der Waals surface area contributed by atoms with E-state index in [-0.39, 0.29) is 0 Å². The predicted molar refractivity (Wildman–Crippen MR) is 70.8 cm³/mol. The van der Waals surface area contributed by atoms with Crippen LogP contribution in [0.15, 0.2) is 18.2 Å². The Morgan fingerprint density at radius 1 is 1.24 bits per heavy atom. The third-order valence-electron chi connectivity index (χ3n) is 3.57. The Bertz CT molecular complexity index is 386. The number of hydrogen-bond donors (Lipinski definition) is 2. The van der Waals surface area contributed by atoms with Gasteiger partial charge in [0.25, 0.3) is 0 Å². The first-order valence-corrected chi connectivity index (χ1v) is 6.20. The van der Waals surface area contributed by atoms with Gasteiger partial charge in [0.2, 0.25) is 0 Å². The molecule has 1 heterocycles. The average Bonchev–Trinajstić information content (AvgIpc) is 2.69. The minimum absolute atomic E-state index is 0.620. The van der Waals surface area contributed by atoms with E-state index in [0.717, 1.165) is 16.8 Å². The molecule has 0 radical (unpaired) electrons. The molecule has 94 valence electrons. The summed E-state index contributed by atoms with van der Waals surface area (Å²) in [4.78, 5) is 0. The molecule has 17 heavy (non-hydrogen) atoms. The molecule has 0 aromatic heterocycles. The zero-order valence-corrected chi connectivity index (χ0v) is 10.5. The van der Waals surface area contributed by atoms with E-state index in [1.807, 2.05) is 12.1 Å².